The molecule has 4 rings (SSSR count). The van der Waals surface area contributed by atoms with Gasteiger partial charge in [0, 0.05) is 5.69 Å². The van der Waals surface area contributed by atoms with Crippen LogP contribution < -0.4 is 15.0 Å². The molecule has 0 radical (unpaired) electrons. The minimum Gasteiger partial charge on any atom is -0.494 e. The molecule has 0 bridgehead atoms. The zero-order chi connectivity index (χ0) is 22.0. The molecule has 3 aromatic carbocycles. The van der Waals surface area contributed by atoms with Gasteiger partial charge in [0.15, 0.2) is 0 Å². The Morgan fingerprint density at radius 1 is 0.871 bits per heavy atom. The Morgan fingerprint density at radius 2 is 1.58 bits per heavy atom. The van der Waals surface area contributed by atoms with Crippen molar-refractivity contribution in [2.45, 2.75) is 20.8 Å². The van der Waals surface area contributed by atoms with Gasteiger partial charge in [-0.2, -0.15) is 0 Å². The van der Waals surface area contributed by atoms with E-state index < -0.39 is 0 Å². The second-order valence-corrected chi connectivity index (χ2v) is 7.43. The van der Waals surface area contributed by atoms with Gasteiger partial charge in [0.25, 0.3) is 11.8 Å². The molecular weight excluding hydrogens is 388 g/mol. The predicted molar refractivity (Wildman–Crippen MR) is 123 cm³/mol. The van der Waals surface area contributed by atoms with E-state index in [4.69, 9.17) is 4.74 Å². The number of imide groups is 1. The third-order valence-electron chi connectivity index (χ3n) is 5.18. The number of anilines is 2. The van der Waals surface area contributed by atoms with Gasteiger partial charge < -0.3 is 10.1 Å². The summed E-state index contributed by atoms with van der Waals surface area (Å²) in [6.45, 7) is 6.41. The average molecular weight is 412 g/mol. The fraction of sp³-hybridized carbons (Fsp3) is 0.154. The summed E-state index contributed by atoms with van der Waals surface area (Å²) in [7, 11) is 0. The molecule has 2 amide bonds. The van der Waals surface area contributed by atoms with Gasteiger partial charge in [-0.3, -0.25) is 9.59 Å². The molecule has 0 spiro atoms. The number of para-hydroxylation sites is 1. The first kappa shape index (κ1) is 20.4. The summed E-state index contributed by atoms with van der Waals surface area (Å²) in [6, 6.07) is 22.2. The lowest BCUT2D eigenvalue weighted by atomic mass is 9.97. The Kier molecular flexibility index (Phi) is 5.58. The molecular formula is C26H24N2O3. The van der Waals surface area contributed by atoms with Crippen LogP contribution in [0.1, 0.15) is 23.6 Å². The number of amides is 2. The van der Waals surface area contributed by atoms with Crippen LogP contribution in [0, 0.1) is 13.8 Å². The lowest BCUT2D eigenvalue weighted by molar-refractivity contribution is -0.120. The lowest BCUT2D eigenvalue weighted by Gasteiger charge is -2.16. The molecule has 31 heavy (non-hydrogen) atoms. The summed E-state index contributed by atoms with van der Waals surface area (Å²) >= 11 is 0. The van der Waals surface area contributed by atoms with Crippen LogP contribution >= 0.6 is 0 Å². The molecule has 1 aliphatic rings. The Labute approximate surface area is 182 Å². The SMILES string of the molecule is CCOc1ccc(N2C(=O)C(Nc3ccccc3)=C(c3ccc(C)cc3C)C2=O)cc1. The van der Waals surface area contributed by atoms with E-state index in [1.54, 1.807) is 24.3 Å². The van der Waals surface area contributed by atoms with Crippen LogP contribution in [0.3, 0.4) is 0 Å². The minimum absolute atomic E-state index is 0.275. The normalized spacial score (nSPS) is 13.7. The number of nitrogens with zero attached hydrogens (tertiary/aromatic N) is 1. The molecule has 1 heterocycles. The average Bonchev–Trinajstić information content (AvgIpc) is 3.00. The lowest BCUT2D eigenvalue weighted by Crippen LogP contribution is -2.32. The number of hydrogen-bond acceptors (Lipinski definition) is 4. The first-order valence-electron chi connectivity index (χ1n) is 10.2. The van der Waals surface area contributed by atoms with Gasteiger partial charge in [-0.25, -0.2) is 4.90 Å². The summed E-state index contributed by atoms with van der Waals surface area (Å²) in [5.41, 5.74) is 4.68. The molecule has 0 aromatic heterocycles. The number of aryl methyl sites for hydroxylation is 2. The molecule has 5 heteroatoms. The Bertz CT molecular complexity index is 1170. The number of carbonyl (C=O) groups excluding carboxylic acids is 2. The summed E-state index contributed by atoms with van der Waals surface area (Å²) in [5, 5.41) is 3.19. The number of benzene rings is 3. The third kappa shape index (κ3) is 3.94. The zero-order valence-electron chi connectivity index (χ0n) is 17.8. The van der Waals surface area contributed by atoms with E-state index in [-0.39, 0.29) is 17.5 Å². The van der Waals surface area contributed by atoms with Gasteiger partial charge in [0.2, 0.25) is 0 Å². The molecule has 0 atom stereocenters. The highest BCUT2D eigenvalue weighted by Gasteiger charge is 2.40. The molecule has 0 aliphatic carbocycles. The number of ether oxygens (including phenoxy) is 1. The Hall–Kier alpha value is -3.86. The van der Waals surface area contributed by atoms with E-state index in [0.29, 0.717) is 23.6 Å². The van der Waals surface area contributed by atoms with Crippen molar-refractivity contribution < 1.29 is 14.3 Å². The van der Waals surface area contributed by atoms with Crippen molar-refractivity contribution >= 4 is 28.8 Å². The van der Waals surface area contributed by atoms with Crippen LogP contribution in [0.15, 0.2) is 78.5 Å². The number of rotatable bonds is 6. The van der Waals surface area contributed by atoms with Crippen LogP contribution in [-0.4, -0.2) is 18.4 Å². The van der Waals surface area contributed by atoms with Gasteiger partial charge in [0.05, 0.1) is 17.9 Å². The smallest absolute Gasteiger partial charge is 0.282 e. The van der Waals surface area contributed by atoms with E-state index in [2.05, 4.69) is 5.32 Å². The zero-order valence-corrected chi connectivity index (χ0v) is 17.8. The van der Waals surface area contributed by atoms with Crippen molar-refractivity contribution in [2.75, 3.05) is 16.8 Å². The fourth-order valence-electron chi connectivity index (χ4n) is 3.75. The van der Waals surface area contributed by atoms with E-state index in [9.17, 15) is 9.59 Å². The van der Waals surface area contributed by atoms with Crippen molar-refractivity contribution in [1.29, 1.82) is 0 Å². The van der Waals surface area contributed by atoms with Crippen LogP contribution in [0.5, 0.6) is 5.75 Å². The Balaban J connectivity index is 1.80. The van der Waals surface area contributed by atoms with Crippen LogP contribution in [-0.2, 0) is 9.59 Å². The quantitative estimate of drug-likeness (QED) is 0.573. The minimum atomic E-state index is -0.381. The number of hydrogen-bond donors (Lipinski definition) is 1. The Morgan fingerprint density at radius 3 is 2.23 bits per heavy atom. The van der Waals surface area contributed by atoms with Gasteiger partial charge in [-0.05, 0) is 68.3 Å². The van der Waals surface area contributed by atoms with E-state index >= 15 is 0 Å². The molecule has 1 N–H and O–H groups in total. The van der Waals surface area contributed by atoms with E-state index in [0.717, 1.165) is 22.4 Å². The largest absolute Gasteiger partial charge is 0.494 e. The first-order valence-corrected chi connectivity index (χ1v) is 10.2. The van der Waals surface area contributed by atoms with Crippen molar-refractivity contribution in [3.63, 3.8) is 0 Å². The fourth-order valence-corrected chi connectivity index (χ4v) is 3.75. The van der Waals surface area contributed by atoms with Crippen molar-refractivity contribution in [3.8, 4) is 5.75 Å². The highest BCUT2D eigenvalue weighted by atomic mass is 16.5. The van der Waals surface area contributed by atoms with Crippen molar-refractivity contribution in [2.24, 2.45) is 0 Å². The maximum Gasteiger partial charge on any atom is 0.282 e. The summed E-state index contributed by atoms with van der Waals surface area (Å²) in [4.78, 5) is 28.2. The maximum atomic E-state index is 13.5. The first-order chi connectivity index (χ1) is 15.0. The van der Waals surface area contributed by atoms with Crippen LogP contribution in [0.25, 0.3) is 5.57 Å². The third-order valence-corrected chi connectivity index (χ3v) is 5.18. The van der Waals surface area contributed by atoms with E-state index in [1.165, 1.54) is 4.90 Å². The molecule has 1 aliphatic heterocycles. The van der Waals surface area contributed by atoms with Crippen LogP contribution in [0.2, 0.25) is 0 Å². The second kappa shape index (κ2) is 8.48. The topological polar surface area (TPSA) is 58.6 Å². The summed E-state index contributed by atoms with van der Waals surface area (Å²) < 4.78 is 5.48. The van der Waals surface area contributed by atoms with Gasteiger partial charge in [-0.1, -0.05) is 42.0 Å². The predicted octanol–water partition coefficient (Wildman–Crippen LogP) is 5.10. The van der Waals surface area contributed by atoms with Gasteiger partial charge in [-0.15, -0.1) is 0 Å². The number of carbonyl (C=O) groups is 2. The molecule has 156 valence electrons. The number of nitrogens with one attached hydrogen (secondary N) is 1. The summed E-state index contributed by atoms with van der Waals surface area (Å²) in [6.07, 6.45) is 0. The standard InChI is InChI=1S/C26H24N2O3/c1-4-31-21-13-11-20(12-14-21)28-25(29)23(22-15-10-17(2)16-18(22)3)24(26(28)30)27-19-8-6-5-7-9-19/h5-16,27H,4H2,1-3H3. The second-order valence-electron chi connectivity index (χ2n) is 7.43. The molecule has 0 unspecified atom stereocenters. The highest BCUT2D eigenvalue weighted by molar-refractivity contribution is 6.46. The highest BCUT2D eigenvalue weighted by Crippen LogP contribution is 2.35. The molecule has 0 saturated heterocycles. The monoisotopic (exact) mass is 412 g/mol. The molecule has 0 saturated carbocycles. The molecule has 0 fully saturated rings. The maximum absolute atomic E-state index is 13.5. The van der Waals surface area contributed by atoms with Crippen molar-refractivity contribution in [1.82, 2.24) is 0 Å². The molecule has 5 nitrogen and oxygen atoms in total. The van der Waals surface area contributed by atoms with Gasteiger partial charge in [0.1, 0.15) is 11.4 Å². The van der Waals surface area contributed by atoms with Crippen molar-refractivity contribution in [3.05, 3.63) is 95.2 Å². The summed E-state index contributed by atoms with van der Waals surface area (Å²) in [5.74, 6) is -0.0388. The van der Waals surface area contributed by atoms with Crippen LogP contribution in [0.4, 0.5) is 11.4 Å². The van der Waals surface area contributed by atoms with E-state index in [1.807, 2.05) is 69.3 Å². The molecule has 3 aromatic rings. The van der Waals surface area contributed by atoms with Gasteiger partial charge >= 0.3 is 0 Å².